The lowest BCUT2D eigenvalue weighted by atomic mass is 9.96. The van der Waals surface area contributed by atoms with E-state index in [1.807, 2.05) is 0 Å². The first-order valence-electron chi connectivity index (χ1n) is 11.2. The molecule has 2 N–H and O–H groups in total. The first-order chi connectivity index (χ1) is 14.0. The van der Waals surface area contributed by atoms with Crippen LogP contribution in [0.2, 0.25) is 0 Å². The minimum Gasteiger partial charge on any atom is -0.481 e. The van der Waals surface area contributed by atoms with E-state index in [1.54, 1.807) is 0 Å². The van der Waals surface area contributed by atoms with Gasteiger partial charge in [-0.25, -0.2) is 0 Å². The minimum absolute atomic E-state index is 0.300. The number of rotatable bonds is 18. The van der Waals surface area contributed by atoms with Gasteiger partial charge in [-0.2, -0.15) is 0 Å². The predicted octanol–water partition coefficient (Wildman–Crippen LogP) is 7.01. The van der Waals surface area contributed by atoms with E-state index in [0.29, 0.717) is 12.8 Å². The van der Waals surface area contributed by atoms with Crippen molar-refractivity contribution in [3.05, 3.63) is 32.9 Å². The molecule has 0 aliphatic heterocycles. The lowest BCUT2D eigenvalue weighted by Crippen LogP contribution is -1.99. The summed E-state index contributed by atoms with van der Waals surface area (Å²) in [5.41, 5.74) is 3.00. The van der Waals surface area contributed by atoms with Gasteiger partial charge in [0.1, 0.15) is 0 Å². The van der Waals surface area contributed by atoms with E-state index < -0.39 is 11.9 Å². The summed E-state index contributed by atoms with van der Waals surface area (Å²) in [6.45, 7) is 0. The molecule has 4 nitrogen and oxygen atoms in total. The van der Waals surface area contributed by atoms with E-state index in [0.717, 1.165) is 51.4 Å². The summed E-state index contributed by atoms with van der Waals surface area (Å²) in [5, 5.41) is 17.3. The summed E-state index contributed by atoms with van der Waals surface area (Å²) in [7, 11) is 0. The fourth-order valence-corrected chi connectivity index (χ4v) is 4.53. The van der Waals surface area contributed by atoms with Crippen molar-refractivity contribution in [3.8, 4) is 0 Å². The molecule has 5 heteroatoms. The molecule has 0 heterocycles. The lowest BCUT2D eigenvalue weighted by molar-refractivity contribution is -0.138. The Morgan fingerprint density at radius 2 is 1.10 bits per heavy atom. The van der Waals surface area contributed by atoms with Gasteiger partial charge in [0.15, 0.2) is 0 Å². The molecule has 0 atom stereocenters. The molecule has 0 fully saturated rings. The Hall–Kier alpha value is -1.11. The number of benzene rings is 1. The molecule has 1 rings (SSSR count). The van der Waals surface area contributed by atoms with Crippen LogP contribution in [-0.4, -0.2) is 22.2 Å². The number of aliphatic carboxylic acids is 2. The molecule has 0 radical (unpaired) electrons. The number of carboxylic acids is 2. The van der Waals surface area contributed by atoms with Crippen molar-refractivity contribution >= 4 is 34.5 Å². The molecule has 0 spiro atoms. The molecular formula is C24H37IO4. The van der Waals surface area contributed by atoms with Crippen LogP contribution in [-0.2, 0) is 22.4 Å². The normalized spacial score (nSPS) is 10.9. The van der Waals surface area contributed by atoms with Gasteiger partial charge in [0, 0.05) is 16.4 Å². The third-order valence-electron chi connectivity index (χ3n) is 5.37. The van der Waals surface area contributed by atoms with Crippen LogP contribution in [0.5, 0.6) is 0 Å². The van der Waals surface area contributed by atoms with Crippen molar-refractivity contribution in [2.24, 2.45) is 0 Å². The summed E-state index contributed by atoms with van der Waals surface area (Å²) in [6, 6.07) is 6.64. The van der Waals surface area contributed by atoms with E-state index >= 15 is 0 Å². The zero-order chi connectivity index (χ0) is 21.3. The highest BCUT2D eigenvalue weighted by molar-refractivity contribution is 14.1. The van der Waals surface area contributed by atoms with Crippen molar-refractivity contribution in [1.29, 1.82) is 0 Å². The number of carboxylic acid groups (broad SMARTS) is 2. The fourth-order valence-electron chi connectivity index (χ4n) is 3.70. The second kappa shape index (κ2) is 16.7. The summed E-state index contributed by atoms with van der Waals surface area (Å²) >= 11 is 2.46. The maximum absolute atomic E-state index is 10.5. The Morgan fingerprint density at radius 1 is 0.655 bits per heavy atom. The second-order valence-corrected chi connectivity index (χ2v) is 9.07. The van der Waals surface area contributed by atoms with E-state index in [4.69, 9.17) is 10.2 Å². The number of hydrogen-bond donors (Lipinski definition) is 2. The molecule has 0 amide bonds. The Morgan fingerprint density at radius 3 is 1.62 bits per heavy atom. The first-order valence-corrected chi connectivity index (χ1v) is 12.3. The average molecular weight is 516 g/mol. The molecule has 0 aliphatic carbocycles. The van der Waals surface area contributed by atoms with Crippen LogP contribution < -0.4 is 0 Å². The molecule has 29 heavy (non-hydrogen) atoms. The lowest BCUT2D eigenvalue weighted by Gasteiger charge is -2.12. The third-order valence-corrected chi connectivity index (χ3v) is 6.38. The standard InChI is InChI=1S/C24H37IO4/c25-22-17-13-15-20(14-9-5-1-3-7-11-18-23(26)27)21(22)16-10-6-2-4-8-12-19-24(28)29/h13,15,17H,1-12,14,16,18-19H2,(H,26,27)(H,28,29). The van der Waals surface area contributed by atoms with Crippen LogP contribution in [0.1, 0.15) is 101 Å². The van der Waals surface area contributed by atoms with Gasteiger partial charge >= 0.3 is 11.9 Å². The van der Waals surface area contributed by atoms with Crippen molar-refractivity contribution in [2.75, 3.05) is 0 Å². The zero-order valence-corrected chi connectivity index (χ0v) is 19.8. The van der Waals surface area contributed by atoms with Gasteiger partial charge < -0.3 is 10.2 Å². The molecule has 0 bridgehead atoms. The molecule has 0 aromatic heterocycles. The number of unbranched alkanes of at least 4 members (excludes halogenated alkanes) is 10. The zero-order valence-electron chi connectivity index (χ0n) is 17.6. The van der Waals surface area contributed by atoms with Gasteiger partial charge in [-0.05, 0) is 78.3 Å². The minimum atomic E-state index is -0.686. The maximum atomic E-state index is 10.5. The van der Waals surface area contributed by atoms with Gasteiger partial charge in [0.25, 0.3) is 0 Å². The van der Waals surface area contributed by atoms with Gasteiger partial charge in [-0.1, -0.05) is 63.5 Å². The number of halogens is 1. The molecule has 0 aliphatic rings. The molecule has 0 saturated heterocycles. The highest BCUT2D eigenvalue weighted by atomic mass is 127. The average Bonchev–Trinajstić information content (AvgIpc) is 2.67. The molecule has 0 unspecified atom stereocenters. The highest BCUT2D eigenvalue weighted by Gasteiger charge is 2.07. The van der Waals surface area contributed by atoms with Gasteiger partial charge in [0.2, 0.25) is 0 Å². The SMILES string of the molecule is O=C(O)CCCCCCCCc1cccc(I)c1CCCCCCCCC(=O)O. The number of carbonyl (C=O) groups is 2. The summed E-state index contributed by atoms with van der Waals surface area (Å²) in [5.74, 6) is -1.37. The molecule has 1 aromatic carbocycles. The van der Waals surface area contributed by atoms with Crippen molar-refractivity contribution in [1.82, 2.24) is 0 Å². The van der Waals surface area contributed by atoms with Gasteiger partial charge in [-0.3, -0.25) is 9.59 Å². The van der Waals surface area contributed by atoms with E-state index in [2.05, 4.69) is 40.8 Å². The van der Waals surface area contributed by atoms with Gasteiger partial charge in [-0.15, -0.1) is 0 Å². The van der Waals surface area contributed by atoms with Crippen LogP contribution in [0, 0.1) is 3.57 Å². The smallest absolute Gasteiger partial charge is 0.303 e. The quantitative estimate of drug-likeness (QED) is 0.163. The summed E-state index contributed by atoms with van der Waals surface area (Å²) in [6.07, 6.45) is 16.0. The Labute approximate surface area is 189 Å². The van der Waals surface area contributed by atoms with Crippen molar-refractivity contribution < 1.29 is 19.8 Å². The van der Waals surface area contributed by atoms with Crippen molar-refractivity contribution in [3.63, 3.8) is 0 Å². The third kappa shape index (κ3) is 13.7. The van der Waals surface area contributed by atoms with Crippen LogP contribution in [0.3, 0.4) is 0 Å². The van der Waals surface area contributed by atoms with E-state index in [1.165, 1.54) is 53.2 Å². The molecular weight excluding hydrogens is 479 g/mol. The topological polar surface area (TPSA) is 74.6 Å². The number of aryl methyl sites for hydroxylation is 1. The summed E-state index contributed by atoms with van der Waals surface area (Å²) < 4.78 is 1.37. The summed E-state index contributed by atoms with van der Waals surface area (Å²) in [4.78, 5) is 21.0. The Balaban J connectivity index is 2.20. The van der Waals surface area contributed by atoms with E-state index in [9.17, 15) is 9.59 Å². The predicted molar refractivity (Wildman–Crippen MR) is 126 cm³/mol. The van der Waals surface area contributed by atoms with Crippen LogP contribution in [0.4, 0.5) is 0 Å². The van der Waals surface area contributed by atoms with Crippen molar-refractivity contribution in [2.45, 2.75) is 103 Å². The largest absolute Gasteiger partial charge is 0.481 e. The fraction of sp³-hybridized carbons (Fsp3) is 0.667. The Bertz CT molecular complexity index is 601. The Kier molecular flexibility index (Phi) is 14.9. The molecule has 0 saturated carbocycles. The van der Waals surface area contributed by atoms with Crippen LogP contribution >= 0.6 is 22.6 Å². The van der Waals surface area contributed by atoms with Crippen LogP contribution in [0.15, 0.2) is 18.2 Å². The molecule has 1 aromatic rings. The highest BCUT2D eigenvalue weighted by Crippen LogP contribution is 2.22. The monoisotopic (exact) mass is 516 g/mol. The maximum Gasteiger partial charge on any atom is 0.303 e. The number of hydrogen-bond acceptors (Lipinski definition) is 2. The molecule has 164 valence electrons. The van der Waals surface area contributed by atoms with Gasteiger partial charge in [0.05, 0.1) is 0 Å². The first kappa shape index (κ1) is 25.9. The van der Waals surface area contributed by atoms with Crippen LogP contribution in [0.25, 0.3) is 0 Å². The van der Waals surface area contributed by atoms with E-state index in [-0.39, 0.29) is 0 Å². The second-order valence-electron chi connectivity index (χ2n) is 7.91.